The van der Waals surface area contributed by atoms with E-state index in [-0.39, 0.29) is 5.91 Å². The van der Waals surface area contributed by atoms with E-state index in [2.05, 4.69) is 9.88 Å². The van der Waals surface area contributed by atoms with Crippen molar-refractivity contribution in [3.63, 3.8) is 0 Å². The van der Waals surface area contributed by atoms with Crippen LogP contribution < -0.4 is 4.90 Å². The maximum absolute atomic E-state index is 11.8. The van der Waals surface area contributed by atoms with Gasteiger partial charge in [-0.2, -0.15) is 0 Å². The molecule has 0 aliphatic carbocycles. The fourth-order valence-electron chi connectivity index (χ4n) is 1.93. The third-order valence-electron chi connectivity index (χ3n) is 2.94. The highest BCUT2D eigenvalue weighted by atomic mass is 35.5. The number of rotatable bonds is 5. The van der Waals surface area contributed by atoms with E-state index in [9.17, 15) is 4.79 Å². The molecule has 0 saturated heterocycles. The number of halogens is 1. The van der Waals surface area contributed by atoms with E-state index in [0.29, 0.717) is 11.6 Å². The molecule has 0 fully saturated rings. The van der Waals surface area contributed by atoms with Crippen LogP contribution in [0.15, 0.2) is 18.2 Å². The van der Waals surface area contributed by atoms with Gasteiger partial charge in [-0.3, -0.25) is 9.69 Å². The molecule has 2 aromatic rings. The SMILES string of the molecule is CC(=O)N(CCCN(C)C)c1nc2ccc(Cl)cc2s1. The average Bonchev–Trinajstić information content (AvgIpc) is 2.76. The Hall–Kier alpha value is -1.17. The van der Waals surface area contributed by atoms with Crippen LogP contribution >= 0.6 is 22.9 Å². The fraction of sp³-hybridized carbons (Fsp3) is 0.429. The summed E-state index contributed by atoms with van der Waals surface area (Å²) in [5.74, 6) is 0.0221. The van der Waals surface area contributed by atoms with Crippen LogP contribution in [0.4, 0.5) is 5.13 Å². The molecule has 0 radical (unpaired) electrons. The maximum atomic E-state index is 11.8. The molecule has 2 rings (SSSR count). The van der Waals surface area contributed by atoms with Crippen molar-refractivity contribution in [3.8, 4) is 0 Å². The van der Waals surface area contributed by atoms with Gasteiger partial charge >= 0.3 is 0 Å². The predicted molar refractivity (Wildman–Crippen MR) is 85.8 cm³/mol. The third kappa shape index (κ3) is 3.69. The quantitative estimate of drug-likeness (QED) is 0.850. The van der Waals surface area contributed by atoms with Crippen LogP contribution in [-0.4, -0.2) is 43.0 Å². The molecule has 6 heteroatoms. The normalized spacial score (nSPS) is 11.2. The Labute approximate surface area is 128 Å². The lowest BCUT2D eigenvalue weighted by Crippen LogP contribution is -2.31. The first kappa shape index (κ1) is 15.2. The van der Waals surface area contributed by atoms with E-state index >= 15 is 0 Å². The van der Waals surface area contributed by atoms with E-state index in [0.717, 1.165) is 28.3 Å². The molecule has 1 heterocycles. The topological polar surface area (TPSA) is 36.4 Å². The molecule has 20 heavy (non-hydrogen) atoms. The van der Waals surface area contributed by atoms with E-state index in [1.165, 1.54) is 11.3 Å². The van der Waals surface area contributed by atoms with E-state index in [4.69, 9.17) is 11.6 Å². The number of fused-ring (bicyclic) bond motifs is 1. The molecule has 1 aromatic carbocycles. The van der Waals surface area contributed by atoms with E-state index < -0.39 is 0 Å². The van der Waals surface area contributed by atoms with Crippen LogP contribution in [0, 0.1) is 0 Å². The number of amides is 1. The minimum Gasteiger partial charge on any atom is -0.309 e. The van der Waals surface area contributed by atoms with Crippen molar-refractivity contribution in [2.24, 2.45) is 0 Å². The van der Waals surface area contributed by atoms with Crippen molar-refractivity contribution in [3.05, 3.63) is 23.2 Å². The summed E-state index contributed by atoms with van der Waals surface area (Å²) in [5.41, 5.74) is 0.883. The first-order valence-electron chi connectivity index (χ1n) is 6.46. The molecule has 0 saturated carbocycles. The fourth-order valence-corrected chi connectivity index (χ4v) is 3.25. The summed E-state index contributed by atoms with van der Waals surface area (Å²) in [6.07, 6.45) is 0.920. The maximum Gasteiger partial charge on any atom is 0.225 e. The zero-order valence-corrected chi connectivity index (χ0v) is 13.5. The minimum atomic E-state index is 0.0221. The second-order valence-electron chi connectivity index (χ2n) is 4.94. The summed E-state index contributed by atoms with van der Waals surface area (Å²) in [7, 11) is 4.05. The smallest absolute Gasteiger partial charge is 0.225 e. The van der Waals surface area contributed by atoms with Gasteiger partial charge in [-0.25, -0.2) is 4.98 Å². The zero-order chi connectivity index (χ0) is 14.7. The Bertz CT molecular complexity index is 611. The second kappa shape index (κ2) is 6.52. The monoisotopic (exact) mass is 311 g/mol. The second-order valence-corrected chi connectivity index (χ2v) is 6.38. The standard InChI is InChI=1S/C14H18ClN3OS/c1-10(19)18(8-4-7-17(2)3)14-16-12-6-5-11(15)9-13(12)20-14/h5-6,9H,4,7-8H2,1-3H3. The molecule has 1 aromatic heterocycles. The number of carbonyl (C=O) groups is 1. The van der Waals surface area contributed by atoms with E-state index in [1.54, 1.807) is 11.8 Å². The van der Waals surface area contributed by atoms with Crippen molar-refractivity contribution in [1.82, 2.24) is 9.88 Å². The molecule has 0 aliphatic heterocycles. The molecule has 4 nitrogen and oxygen atoms in total. The summed E-state index contributed by atoms with van der Waals surface area (Å²) in [6.45, 7) is 3.20. The molecule has 0 atom stereocenters. The number of benzene rings is 1. The summed E-state index contributed by atoms with van der Waals surface area (Å²) in [6, 6.07) is 5.59. The summed E-state index contributed by atoms with van der Waals surface area (Å²) in [5, 5.41) is 1.43. The van der Waals surface area contributed by atoms with Gasteiger partial charge in [0, 0.05) is 18.5 Å². The van der Waals surface area contributed by atoms with Gasteiger partial charge in [-0.1, -0.05) is 22.9 Å². The Kier molecular flexibility index (Phi) is 4.96. The summed E-state index contributed by atoms with van der Waals surface area (Å²) >= 11 is 7.48. The minimum absolute atomic E-state index is 0.0221. The van der Waals surface area contributed by atoms with Gasteiger partial charge in [0.15, 0.2) is 5.13 Å². The predicted octanol–water partition coefficient (Wildman–Crippen LogP) is 3.25. The van der Waals surface area contributed by atoms with Crippen LogP contribution in [0.1, 0.15) is 13.3 Å². The van der Waals surface area contributed by atoms with Crippen molar-refractivity contribution in [2.45, 2.75) is 13.3 Å². The zero-order valence-electron chi connectivity index (χ0n) is 11.9. The van der Waals surface area contributed by atoms with Gasteiger partial charge in [0.25, 0.3) is 0 Å². The molecule has 1 amide bonds. The van der Waals surface area contributed by atoms with Gasteiger partial charge in [-0.05, 0) is 45.3 Å². The number of aromatic nitrogens is 1. The van der Waals surface area contributed by atoms with Crippen LogP contribution in [0.2, 0.25) is 5.02 Å². The lowest BCUT2D eigenvalue weighted by atomic mass is 10.3. The van der Waals surface area contributed by atoms with Gasteiger partial charge < -0.3 is 4.90 Å². The third-order valence-corrected chi connectivity index (χ3v) is 4.21. The lowest BCUT2D eigenvalue weighted by molar-refractivity contribution is -0.116. The molecule has 0 N–H and O–H groups in total. The highest BCUT2D eigenvalue weighted by molar-refractivity contribution is 7.22. The van der Waals surface area contributed by atoms with Gasteiger partial charge in [-0.15, -0.1) is 0 Å². The molecule has 108 valence electrons. The van der Waals surface area contributed by atoms with Crippen LogP contribution in [-0.2, 0) is 4.79 Å². The Morgan fingerprint density at radius 1 is 1.35 bits per heavy atom. The van der Waals surface area contributed by atoms with Crippen molar-refractivity contribution in [2.75, 3.05) is 32.1 Å². The number of anilines is 1. The van der Waals surface area contributed by atoms with Gasteiger partial charge in [0.1, 0.15) is 0 Å². The number of carbonyl (C=O) groups excluding carboxylic acids is 1. The molecule has 0 spiro atoms. The number of thiazole rings is 1. The van der Waals surface area contributed by atoms with Crippen molar-refractivity contribution < 1.29 is 4.79 Å². The van der Waals surface area contributed by atoms with E-state index in [1.807, 2.05) is 32.3 Å². The highest BCUT2D eigenvalue weighted by Gasteiger charge is 2.16. The summed E-state index contributed by atoms with van der Waals surface area (Å²) < 4.78 is 1.01. The Morgan fingerprint density at radius 2 is 2.10 bits per heavy atom. The largest absolute Gasteiger partial charge is 0.309 e. The number of hydrogen-bond acceptors (Lipinski definition) is 4. The van der Waals surface area contributed by atoms with Crippen LogP contribution in [0.25, 0.3) is 10.2 Å². The summed E-state index contributed by atoms with van der Waals surface area (Å²) in [4.78, 5) is 20.2. The van der Waals surface area contributed by atoms with Crippen molar-refractivity contribution in [1.29, 1.82) is 0 Å². The van der Waals surface area contributed by atoms with Gasteiger partial charge in [0.2, 0.25) is 5.91 Å². The molecular weight excluding hydrogens is 294 g/mol. The first-order valence-corrected chi connectivity index (χ1v) is 7.66. The van der Waals surface area contributed by atoms with Gasteiger partial charge in [0.05, 0.1) is 10.2 Å². The number of nitrogens with zero attached hydrogens (tertiary/aromatic N) is 3. The number of hydrogen-bond donors (Lipinski definition) is 0. The Morgan fingerprint density at radius 3 is 2.75 bits per heavy atom. The highest BCUT2D eigenvalue weighted by Crippen LogP contribution is 2.30. The van der Waals surface area contributed by atoms with Crippen LogP contribution in [0.5, 0.6) is 0 Å². The molecule has 0 bridgehead atoms. The van der Waals surface area contributed by atoms with Crippen LogP contribution in [0.3, 0.4) is 0 Å². The molecule has 0 aliphatic rings. The average molecular weight is 312 g/mol. The Balaban J connectivity index is 2.20. The lowest BCUT2D eigenvalue weighted by Gasteiger charge is -2.19. The first-order chi connectivity index (χ1) is 9.47. The van der Waals surface area contributed by atoms with Crippen molar-refractivity contribution >= 4 is 44.2 Å². The molecule has 0 unspecified atom stereocenters. The molecular formula is C14H18ClN3OS.